The zero-order valence-electron chi connectivity index (χ0n) is 11.6. The van der Waals surface area contributed by atoms with E-state index in [0.29, 0.717) is 16.5 Å². The number of methoxy groups -OCH3 is 2. The minimum Gasteiger partial charge on any atom is -0.495 e. The van der Waals surface area contributed by atoms with Gasteiger partial charge in [-0.15, -0.1) is 11.6 Å². The number of alkyl halides is 1. The lowest BCUT2D eigenvalue weighted by Crippen LogP contribution is -2.00. The van der Waals surface area contributed by atoms with Crippen LogP contribution < -0.4 is 9.47 Å². The van der Waals surface area contributed by atoms with Crippen LogP contribution in [0.5, 0.6) is 11.5 Å². The van der Waals surface area contributed by atoms with Crippen molar-refractivity contribution in [2.75, 3.05) is 14.2 Å². The van der Waals surface area contributed by atoms with Crippen molar-refractivity contribution < 1.29 is 13.9 Å². The molecule has 1 aromatic heterocycles. The molecule has 1 aromatic carbocycles. The van der Waals surface area contributed by atoms with Crippen molar-refractivity contribution in [3.63, 3.8) is 0 Å². The van der Waals surface area contributed by atoms with Crippen molar-refractivity contribution in [3.05, 3.63) is 46.4 Å². The summed E-state index contributed by atoms with van der Waals surface area (Å²) in [5.41, 5.74) is 1.71. The molecule has 0 saturated carbocycles. The maximum absolute atomic E-state index is 6.57. The van der Waals surface area contributed by atoms with Gasteiger partial charge < -0.3 is 13.9 Å². The molecule has 0 saturated heterocycles. The summed E-state index contributed by atoms with van der Waals surface area (Å²) in [5, 5.41) is 0.0294. The van der Waals surface area contributed by atoms with Gasteiger partial charge in [0.25, 0.3) is 0 Å². The first-order chi connectivity index (χ1) is 9.63. The lowest BCUT2D eigenvalue weighted by molar-refractivity contribution is 0.391. The third-order valence-electron chi connectivity index (χ3n) is 3.16. The SMILES string of the molecule is CCc1occc1C(Cl)c1ccc(OC)c(Cl)c1OC. The molecule has 0 aliphatic heterocycles. The molecule has 20 heavy (non-hydrogen) atoms. The lowest BCUT2D eigenvalue weighted by atomic mass is 10.0. The molecule has 2 aromatic rings. The van der Waals surface area contributed by atoms with Crippen molar-refractivity contribution in [2.24, 2.45) is 0 Å². The zero-order chi connectivity index (χ0) is 14.7. The molecule has 1 heterocycles. The molecule has 108 valence electrons. The quantitative estimate of drug-likeness (QED) is 0.740. The molecule has 0 fully saturated rings. The second-order valence-corrected chi connectivity index (χ2v) is 5.03. The van der Waals surface area contributed by atoms with Gasteiger partial charge in [-0.05, 0) is 18.2 Å². The van der Waals surface area contributed by atoms with Crippen LogP contribution in [0.2, 0.25) is 5.02 Å². The van der Waals surface area contributed by atoms with Crippen molar-refractivity contribution >= 4 is 23.2 Å². The number of furan rings is 1. The van der Waals surface area contributed by atoms with E-state index in [4.69, 9.17) is 37.1 Å². The average Bonchev–Trinajstić information content (AvgIpc) is 2.94. The predicted octanol–water partition coefficient (Wildman–Crippen LogP) is 4.84. The van der Waals surface area contributed by atoms with Crippen LogP contribution in [0.25, 0.3) is 0 Å². The fraction of sp³-hybridized carbons (Fsp3) is 0.333. The van der Waals surface area contributed by atoms with Crippen LogP contribution in [-0.4, -0.2) is 14.2 Å². The van der Waals surface area contributed by atoms with E-state index < -0.39 is 0 Å². The molecule has 0 radical (unpaired) electrons. The molecule has 0 bridgehead atoms. The fourth-order valence-electron chi connectivity index (χ4n) is 2.15. The maximum atomic E-state index is 6.57. The third kappa shape index (κ3) is 2.60. The van der Waals surface area contributed by atoms with Gasteiger partial charge in [-0.1, -0.05) is 18.5 Å². The Labute approximate surface area is 128 Å². The van der Waals surface area contributed by atoms with Gasteiger partial charge in [0, 0.05) is 17.5 Å². The smallest absolute Gasteiger partial charge is 0.146 e. The van der Waals surface area contributed by atoms with Crippen LogP contribution in [0.1, 0.15) is 29.2 Å². The Morgan fingerprint density at radius 2 is 1.90 bits per heavy atom. The van der Waals surface area contributed by atoms with Crippen LogP contribution in [0.3, 0.4) is 0 Å². The summed E-state index contributed by atoms with van der Waals surface area (Å²) < 4.78 is 16.0. The Kier molecular flexibility index (Phi) is 4.84. The van der Waals surface area contributed by atoms with E-state index in [2.05, 4.69) is 0 Å². The van der Waals surface area contributed by atoms with Gasteiger partial charge >= 0.3 is 0 Å². The van der Waals surface area contributed by atoms with E-state index in [1.807, 2.05) is 19.1 Å². The summed E-state index contributed by atoms with van der Waals surface area (Å²) >= 11 is 12.8. The minimum absolute atomic E-state index is 0.387. The highest BCUT2D eigenvalue weighted by Crippen LogP contribution is 2.44. The van der Waals surface area contributed by atoms with E-state index in [1.54, 1.807) is 26.5 Å². The molecule has 2 rings (SSSR count). The van der Waals surface area contributed by atoms with Gasteiger partial charge in [0.15, 0.2) is 0 Å². The third-order valence-corrected chi connectivity index (χ3v) is 3.99. The minimum atomic E-state index is -0.387. The molecular formula is C15H16Cl2O3. The van der Waals surface area contributed by atoms with E-state index in [9.17, 15) is 0 Å². The van der Waals surface area contributed by atoms with Crippen LogP contribution >= 0.6 is 23.2 Å². The topological polar surface area (TPSA) is 31.6 Å². The molecule has 5 heteroatoms. The molecule has 0 spiro atoms. The molecular weight excluding hydrogens is 299 g/mol. The van der Waals surface area contributed by atoms with Crippen molar-refractivity contribution in [3.8, 4) is 11.5 Å². The van der Waals surface area contributed by atoms with Crippen LogP contribution in [-0.2, 0) is 6.42 Å². The number of benzene rings is 1. The van der Waals surface area contributed by atoms with Gasteiger partial charge in [-0.25, -0.2) is 0 Å². The Morgan fingerprint density at radius 1 is 1.15 bits per heavy atom. The second-order valence-electron chi connectivity index (χ2n) is 4.22. The van der Waals surface area contributed by atoms with E-state index >= 15 is 0 Å². The Balaban J connectivity index is 2.49. The predicted molar refractivity (Wildman–Crippen MR) is 80.3 cm³/mol. The summed E-state index contributed by atoms with van der Waals surface area (Å²) in [6.07, 6.45) is 2.42. The summed E-state index contributed by atoms with van der Waals surface area (Å²) in [7, 11) is 3.12. The van der Waals surface area contributed by atoms with E-state index in [1.165, 1.54) is 0 Å². The molecule has 0 amide bonds. The maximum Gasteiger partial charge on any atom is 0.146 e. The Hall–Kier alpha value is -1.32. The first-order valence-corrected chi connectivity index (χ1v) is 7.06. The van der Waals surface area contributed by atoms with Crippen LogP contribution in [0.4, 0.5) is 0 Å². The number of halogens is 2. The average molecular weight is 315 g/mol. The molecule has 0 aliphatic carbocycles. The number of rotatable bonds is 5. The molecule has 1 atom stereocenters. The highest BCUT2D eigenvalue weighted by Gasteiger charge is 2.23. The van der Waals surface area contributed by atoms with Gasteiger partial charge in [0.05, 0.1) is 25.9 Å². The monoisotopic (exact) mass is 314 g/mol. The van der Waals surface area contributed by atoms with Gasteiger partial charge in [-0.3, -0.25) is 0 Å². The second kappa shape index (κ2) is 6.42. The summed E-state index contributed by atoms with van der Waals surface area (Å²) in [4.78, 5) is 0. The van der Waals surface area contributed by atoms with Crippen molar-refractivity contribution in [1.82, 2.24) is 0 Å². The number of ether oxygens (including phenoxy) is 2. The highest BCUT2D eigenvalue weighted by molar-refractivity contribution is 6.34. The summed E-state index contributed by atoms with van der Waals surface area (Å²) in [6.45, 7) is 2.02. The van der Waals surface area contributed by atoms with Crippen molar-refractivity contribution in [2.45, 2.75) is 18.7 Å². The number of hydrogen-bond donors (Lipinski definition) is 0. The van der Waals surface area contributed by atoms with E-state index in [-0.39, 0.29) is 5.38 Å². The normalized spacial score (nSPS) is 12.2. The number of aryl methyl sites for hydroxylation is 1. The van der Waals surface area contributed by atoms with Crippen LogP contribution in [0.15, 0.2) is 28.9 Å². The Morgan fingerprint density at radius 3 is 2.50 bits per heavy atom. The Bertz CT molecular complexity index is 593. The summed E-state index contributed by atoms with van der Waals surface area (Å²) in [6, 6.07) is 5.50. The first-order valence-electron chi connectivity index (χ1n) is 6.24. The summed E-state index contributed by atoms with van der Waals surface area (Å²) in [5.74, 6) is 1.94. The molecule has 1 unspecified atom stereocenters. The first kappa shape index (κ1) is 15.1. The van der Waals surface area contributed by atoms with E-state index in [0.717, 1.165) is 23.3 Å². The highest BCUT2D eigenvalue weighted by atomic mass is 35.5. The van der Waals surface area contributed by atoms with Gasteiger partial charge in [0.2, 0.25) is 0 Å². The largest absolute Gasteiger partial charge is 0.495 e. The lowest BCUT2D eigenvalue weighted by Gasteiger charge is -2.17. The molecule has 0 N–H and O–H groups in total. The van der Waals surface area contributed by atoms with Crippen LogP contribution in [0, 0.1) is 0 Å². The zero-order valence-corrected chi connectivity index (χ0v) is 13.1. The number of hydrogen-bond acceptors (Lipinski definition) is 3. The standard InChI is InChI=1S/C15H16Cl2O3/c1-4-11-9(7-8-20-11)13(16)10-5-6-12(18-2)14(17)15(10)19-3/h5-8,13H,4H2,1-3H3. The van der Waals surface area contributed by atoms with Gasteiger partial charge in [-0.2, -0.15) is 0 Å². The van der Waals surface area contributed by atoms with Crippen molar-refractivity contribution in [1.29, 1.82) is 0 Å². The molecule has 3 nitrogen and oxygen atoms in total. The fourth-order valence-corrected chi connectivity index (χ4v) is 2.84. The molecule has 0 aliphatic rings. The van der Waals surface area contributed by atoms with Gasteiger partial charge in [0.1, 0.15) is 22.3 Å².